The SMILES string of the molecule is O=C(Nc1ccc(F)cc1)c1cc2sc(NC3CCNCC3)nc2s1. The van der Waals surface area contributed by atoms with Gasteiger partial charge in [0, 0.05) is 11.7 Å². The molecule has 1 aromatic carbocycles. The first kappa shape index (κ1) is 16.4. The fraction of sp³-hybridized carbons (Fsp3) is 0.294. The number of piperidine rings is 1. The lowest BCUT2D eigenvalue weighted by molar-refractivity contribution is 0.103. The normalized spacial score (nSPS) is 15.4. The summed E-state index contributed by atoms with van der Waals surface area (Å²) >= 11 is 2.95. The van der Waals surface area contributed by atoms with Crippen LogP contribution in [-0.2, 0) is 0 Å². The summed E-state index contributed by atoms with van der Waals surface area (Å²) in [7, 11) is 0. The number of carbonyl (C=O) groups excluding carboxylic acids is 1. The van der Waals surface area contributed by atoms with E-state index >= 15 is 0 Å². The molecule has 3 aromatic rings. The van der Waals surface area contributed by atoms with Gasteiger partial charge in [0.2, 0.25) is 0 Å². The van der Waals surface area contributed by atoms with Gasteiger partial charge in [-0.25, -0.2) is 9.37 Å². The lowest BCUT2D eigenvalue weighted by Crippen LogP contribution is -2.35. The van der Waals surface area contributed by atoms with Gasteiger partial charge in [0.05, 0.1) is 9.58 Å². The van der Waals surface area contributed by atoms with Crippen LogP contribution in [0.5, 0.6) is 0 Å². The Kier molecular flexibility index (Phi) is 4.65. The summed E-state index contributed by atoms with van der Waals surface area (Å²) in [6.45, 7) is 2.07. The minimum atomic E-state index is -0.326. The summed E-state index contributed by atoms with van der Waals surface area (Å²) < 4.78 is 13.9. The van der Waals surface area contributed by atoms with Crippen LogP contribution >= 0.6 is 22.7 Å². The number of hydrogen-bond acceptors (Lipinski definition) is 6. The molecule has 1 fully saturated rings. The molecule has 5 nitrogen and oxygen atoms in total. The largest absolute Gasteiger partial charge is 0.359 e. The van der Waals surface area contributed by atoms with Crippen molar-refractivity contribution in [1.29, 1.82) is 0 Å². The molecule has 0 bridgehead atoms. The molecule has 0 unspecified atom stereocenters. The number of aromatic nitrogens is 1. The number of carbonyl (C=O) groups is 1. The Hall–Kier alpha value is -2.03. The molecule has 1 aliphatic heterocycles. The van der Waals surface area contributed by atoms with Crippen LogP contribution in [0.15, 0.2) is 30.3 Å². The maximum absolute atomic E-state index is 12.9. The van der Waals surface area contributed by atoms with Crippen LogP contribution in [-0.4, -0.2) is 30.0 Å². The van der Waals surface area contributed by atoms with Crippen LogP contribution in [0.3, 0.4) is 0 Å². The third-order valence-electron chi connectivity index (χ3n) is 4.08. The highest BCUT2D eigenvalue weighted by molar-refractivity contribution is 7.29. The first-order valence-corrected chi connectivity index (χ1v) is 9.75. The molecule has 0 spiro atoms. The maximum Gasteiger partial charge on any atom is 0.265 e. The molecule has 1 aliphatic rings. The molecule has 3 heterocycles. The van der Waals surface area contributed by atoms with E-state index in [1.54, 1.807) is 23.5 Å². The zero-order valence-electron chi connectivity index (χ0n) is 13.3. The molecule has 4 rings (SSSR count). The summed E-state index contributed by atoms with van der Waals surface area (Å²) in [5.74, 6) is -0.526. The molecule has 8 heteroatoms. The predicted molar refractivity (Wildman–Crippen MR) is 101 cm³/mol. The summed E-state index contributed by atoms with van der Waals surface area (Å²) in [4.78, 5) is 18.4. The lowest BCUT2D eigenvalue weighted by atomic mass is 10.1. The van der Waals surface area contributed by atoms with E-state index in [0.717, 1.165) is 40.6 Å². The number of nitrogens with zero attached hydrogens (tertiary/aromatic N) is 1. The molecule has 3 N–H and O–H groups in total. The number of hydrogen-bond donors (Lipinski definition) is 3. The first-order valence-electron chi connectivity index (χ1n) is 8.12. The molecule has 0 atom stereocenters. The van der Waals surface area contributed by atoms with Gasteiger partial charge in [0.1, 0.15) is 10.6 Å². The van der Waals surface area contributed by atoms with Gasteiger partial charge in [0.25, 0.3) is 5.91 Å². The zero-order chi connectivity index (χ0) is 17.2. The van der Waals surface area contributed by atoms with Crippen molar-refractivity contribution >= 4 is 48.9 Å². The van der Waals surface area contributed by atoms with Crippen molar-refractivity contribution in [3.8, 4) is 0 Å². The number of amides is 1. The molecule has 2 aromatic heterocycles. The second-order valence-electron chi connectivity index (χ2n) is 5.93. The van der Waals surface area contributed by atoms with Crippen molar-refractivity contribution in [2.24, 2.45) is 0 Å². The number of thiophene rings is 1. The fourth-order valence-corrected chi connectivity index (χ4v) is 4.86. The molecule has 130 valence electrons. The molecule has 1 saturated heterocycles. The van der Waals surface area contributed by atoms with Crippen molar-refractivity contribution in [3.63, 3.8) is 0 Å². The Morgan fingerprint density at radius 1 is 1.20 bits per heavy atom. The number of halogens is 1. The van der Waals surface area contributed by atoms with Crippen molar-refractivity contribution in [2.75, 3.05) is 23.7 Å². The Morgan fingerprint density at radius 3 is 2.68 bits per heavy atom. The van der Waals surface area contributed by atoms with Crippen LogP contribution in [0.1, 0.15) is 22.5 Å². The highest BCUT2D eigenvalue weighted by atomic mass is 32.1. The minimum absolute atomic E-state index is 0.199. The Bertz CT molecular complexity index is 852. The number of benzene rings is 1. The molecule has 25 heavy (non-hydrogen) atoms. The third-order valence-corrected chi connectivity index (χ3v) is 6.17. The smallest absolute Gasteiger partial charge is 0.265 e. The van der Waals surface area contributed by atoms with Crippen molar-refractivity contribution in [3.05, 3.63) is 41.0 Å². The van der Waals surface area contributed by atoms with Gasteiger partial charge in [-0.15, -0.1) is 11.3 Å². The van der Waals surface area contributed by atoms with Crippen LogP contribution in [0, 0.1) is 5.82 Å². The molecule has 0 aliphatic carbocycles. The van der Waals surface area contributed by atoms with E-state index in [9.17, 15) is 9.18 Å². The number of nitrogens with one attached hydrogen (secondary N) is 3. The Labute approximate surface area is 152 Å². The zero-order valence-corrected chi connectivity index (χ0v) is 15.0. The summed E-state index contributed by atoms with van der Waals surface area (Å²) in [6.07, 6.45) is 2.19. The maximum atomic E-state index is 12.9. The van der Waals surface area contributed by atoms with E-state index in [-0.39, 0.29) is 11.7 Å². The second kappa shape index (κ2) is 7.07. The average Bonchev–Trinajstić information content (AvgIpc) is 3.16. The topological polar surface area (TPSA) is 66.1 Å². The second-order valence-corrected chi connectivity index (χ2v) is 7.99. The number of anilines is 2. The average molecular weight is 376 g/mol. The van der Waals surface area contributed by atoms with E-state index in [0.29, 0.717) is 16.6 Å². The van der Waals surface area contributed by atoms with Gasteiger partial charge < -0.3 is 16.0 Å². The van der Waals surface area contributed by atoms with E-state index in [1.165, 1.54) is 23.5 Å². The highest BCUT2D eigenvalue weighted by Crippen LogP contribution is 2.33. The van der Waals surface area contributed by atoms with Crippen molar-refractivity contribution < 1.29 is 9.18 Å². The van der Waals surface area contributed by atoms with Gasteiger partial charge in [-0.1, -0.05) is 11.3 Å². The Morgan fingerprint density at radius 2 is 1.96 bits per heavy atom. The number of thiazole rings is 1. The van der Waals surface area contributed by atoms with Crippen LogP contribution < -0.4 is 16.0 Å². The summed E-state index contributed by atoms with van der Waals surface area (Å²) in [5, 5.41) is 10.5. The van der Waals surface area contributed by atoms with Gasteiger partial charge in [-0.2, -0.15) is 0 Å². The fourth-order valence-electron chi connectivity index (χ4n) is 2.78. The van der Waals surface area contributed by atoms with Crippen LogP contribution in [0.4, 0.5) is 15.2 Å². The minimum Gasteiger partial charge on any atom is -0.359 e. The first-order chi connectivity index (χ1) is 12.2. The van der Waals surface area contributed by atoms with E-state index in [4.69, 9.17) is 0 Å². The van der Waals surface area contributed by atoms with Gasteiger partial charge in [-0.3, -0.25) is 4.79 Å². The van der Waals surface area contributed by atoms with Crippen molar-refractivity contribution in [1.82, 2.24) is 10.3 Å². The molecule has 0 saturated carbocycles. The Balaban J connectivity index is 1.45. The third kappa shape index (κ3) is 3.81. The van der Waals surface area contributed by atoms with E-state index < -0.39 is 0 Å². The summed E-state index contributed by atoms with van der Waals surface area (Å²) in [5.41, 5.74) is 0.573. The molecular weight excluding hydrogens is 359 g/mol. The van der Waals surface area contributed by atoms with E-state index in [2.05, 4.69) is 20.9 Å². The lowest BCUT2D eigenvalue weighted by Gasteiger charge is -2.23. The van der Waals surface area contributed by atoms with Gasteiger partial charge in [0.15, 0.2) is 5.13 Å². The summed E-state index contributed by atoms with van der Waals surface area (Å²) in [6, 6.07) is 8.06. The molecule has 0 radical (unpaired) electrons. The monoisotopic (exact) mass is 376 g/mol. The quantitative estimate of drug-likeness (QED) is 0.646. The standard InChI is InChI=1S/C17H17FN4OS2/c18-10-1-3-11(4-2-10)20-15(23)13-9-14-16(24-13)22-17(25-14)21-12-5-7-19-8-6-12/h1-4,9,12,19H,5-8H2,(H,20,23)(H,21,22). The predicted octanol–water partition coefficient (Wildman–Crippen LogP) is 3.91. The molecular formula is C17H17FN4OS2. The van der Waals surface area contributed by atoms with Gasteiger partial charge >= 0.3 is 0 Å². The highest BCUT2D eigenvalue weighted by Gasteiger charge is 2.17. The number of fused-ring (bicyclic) bond motifs is 1. The van der Waals surface area contributed by atoms with Crippen LogP contribution in [0.2, 0.25) is 0 Å². The molecule has 1 amide bonds. The van der Waals surface area contributed by atoms with Crippen LogP contribution in [0.25, 0.3) is 9.53 Å². The van der Waals surface area contributed by atoms with Crippen molar-refractivity contribution in [2.45, 2.75) is 18.9 Å². The number of rotatable bonds is 4. The van der Waals surface area contributed by atoms with E-state index in [1.807, 2.05) is 6.07 Å². The van der Waals surface area contributed by atoms with Gasteiger partial charge in [-0.05, 0) is 56.3 Å².